The minimum atomic E-state index is -1.07. The Morgan fingerprint density at radius 3 is 2.05 bits per heavy atom. The fourth-order valence-electron chi connectivity index (χ4n) is 6.42. The van der Waals surface area contributed by atoms with Crippen molar-refractivity contribution in [3.05, 3.63) is 0 Å². The molecule has 0 bridgehead atoms. The maximum atomic E-state index is 14.1. The molecule has 38 heavy (non-hydrogen) atoms. The van der Waals surface area contributed by atoms with E-state index in [0.717, 1.165) is 25.7 Å². The predicted octanol–water partition coefficient (Wildman–Crippen LogP) is 2.10. The maximum absolute atomic E-state index is 14.1. The van der Waals surface area contributed by atoms with Crippen LogP contribution in [-0.2, 0) is 19.2 Å². The second-order valence-corrected chi connectivity index (χ2v) is 14.4. The van der Waals surface area contributed by atoms with Crippen LogP contribution in [0.25, 0.3) is 0 Å². The van der Waals surface area contributed by atoms with Gasteiger partial charge in [0.1, 0.15) is 12.1 Å². The fraction of sp³-hybridized carbons (Fsp3) is 0.821. The highest BCUT2D eigenvalue weighted by molar-refractivity contribution is 6.37. The standard InChI is InChI=1S/C28H47N5O5/c1-26(2,3)21(31-25(38)32-27(4,5)6)24(37)33-14-16-13-28(7,8)18(16)19(33)23(36)30-17(20(34)22(29)35)12-15-10-9-11-15/h15-19,21H,9-14H2,1-8H3,(H2,29,35)(H,30,36)(H2,31,32,38)/t16-,17+,18-,19-,21+/m0/s1. The molecule has 5 atom stereocenters. The lowest BCUT2D eigenvalue weighted by Gasteiger charge is -2.49. The van der Waals surface area contributed by atoms with Gasteiger partial charge in [-0.2, -0.15) is 0 Å². The SMILES string of the molecule is CC(C)(C)NC(=O)N[C@H](C(=O)N1C[C@@H]2CC(C)(C)[C@@H]2[C@H]1C(=O)N[C@H](CC1CCC1)C(=O)C(N)=O)C(C)(C)C. The van der Waals surface area contributed by atoms with E-state index in [2.05, 4.69) is 29.8 Å². The highest BCUT2D eigenvalue weighted by Crippen LogP contribution is 2.57. The number of primary amides is 1. The smallest absolute Gasteiger partial charge is 0.315 e. The number of Topliss-reactive ketones (excluding diaryl/α,β-unsaturated/α-hetero) is 1. The number of hydrogen-bond acceptors (Lipinski definition) is 5. The number of urea groups is 1. The average molecular weight is 534 g/mol. The summed E-state index contributed by atoms with van der Waals surface area (Å²) in [6, 6.07) is -3.14. The lowest BCUT2D eigenvalue weighted by atomic mass is 9.55. The molecule has 10 heteroatoms. The summed E-state index contributed by atoms with van der Waals surface area (Å²) >= 11 is 0. The molecule has 0 radical (unpaired) electrons. The average Bonchev–Trinajstić information content (AvgIpc) is 3.05. The van der Waals surface area contributed by atoms with E-state index in [9.17, 15) is 24.0 Å². The Hall–Kier alpha value is -2.65. The molecule has 5 N–H and O–H groups in total. The van der Waals surface area contributed by atoms with Crippen molar-refractivity contribution >= 4 is 29.5 Å². The van der Waals surface area contributed by atoms with Crippen molar-refractivity contribution < 1.29 is 24.0 Å². The molecule has 2 aliphatic carbocycles. The number of likely N-dealkylation sites (tertiary alicyclic amines) is 1. The number of hydrogen-bond donors (Lipinski definition) is 4. The van der Waals surface area contributed by atoms with Crippen molar-refractivity contribution in [3.63, 3.8) is 0 Å². The van der Waals surface area contributed by atoms with Crippen molar-refractivity contribution in [2.75, 3.05) is 6.54 Å². The van der Waals surface area contributed by atoms with Gasteiger partial charge in [0.25, 0.3) is 5.91 Å². The van der Waals surface area contributed by atoms with Gasteiger partial charge in [-0.15, -0.1) is 0 Å². The van der Waals surface area contributed by atoms with Gasteiger partial charge in [-0.25, -0.2) is 4.79 Å². The third-order valence-electron chi connectivity index (χ3n) is 8.40. The van der Waals surface area contributed by atoms with E-state index in [4.69, 9.17) is 5.73 Å². The molecule has 3 fully saturated rings. The summed E-state index contributed by atoms with van der Waals surface area (Å²) in [5.41, 5.74) is 4.02. The number of carbonyl (C=O) groups is 5. The van der Waals surface area contributed by atoms with Crippen LogP contribution in [0.3, 0.4) is 0 Å². The summed E-state index contributed by atoms with van der Waals surface area (Å²) in [5.74, 6) is -2.34. The minimum Gasteiger partial charge on any atom is -0.363 e. The van der Waals surface area contributed by atoms with Crippen LogP contribution >= 0.6 is 0 Å². The number of nitrogens with one attached hydrogen (secondary N) is 3. The number of ketones is 1. The number of nitrogens with two attached hydrogens (primary N) is 1. The molecule has 0 spiro atoms. The first-order chi connectivity index (χ1) is 17.3. The molecular weight excluding hydrogens is 486 g/mol. The van der Waals surface area contributed by atoms with Gasteiger partial charge in [-0.1, -0.05) is 53.9 Å². The lowest BCUT2D eigenvalue weighted by molar-refractivity contribution is -0.145. The first-order valence-electron chi connectivity index (χ1n) is 13.8. The topological polar surface area (TPSA) is 151 Å². The minimum absolute atomic E-state index is 0.0940. The Labute approximate surface area is 226 Å². The number of fused-ring (bicyclic) bond motifs is 1. The first kappa shape index (κ1) is 29.9. The molecule has 2 saturated carbocycles. The third-order valence-corrected chi connectivity index (χ3v) is 8.40. The third kappa shape index (κ3) is 6.49. The summed E-state index contributed by atoms with van der Waals surface area (Å²) in [6.07, 6.45) is 4.18. The van der Waals surface area contributed by atoms with Crippen molar-refractivity contribution in [2.24, 2.45) is 34.3 Å². The molecule has 3 rings (SSSR count). The van der Waals surface area contributed by atoms with Crippen molar-refractivity contribution in [1.82, 2.24) is 20.9 Å². The number of nitrogens with zero attached hydrogens (tertiary/aromatic N) is 1. The lowest BCUT2D eigenvalue weighted by Crippen LogP contribution is -2.62. The zero-order chi connectivity index (χ0) is 28.8. The van der Waals surface area contributed by atoms with Crippen molar-refractivity contribution in [3.8, 4) is 0 Å². The molecular formula is C28H47N5O5. The maximum Gasteiger partial charge on any atom is 0.315 e. The summed E-state index contributed by atoms with van der Waals surface area (Å²) < 4.78 is 0. The van der Waals surface area contributed by atoms with Gasteiger partial charge >= 0.3 is 6.03 Å². The van der Waals surface area contributed by atoms with Crippen LogP contribution in [0.5, 0.6) is 0 Å². The largest absolute Gasteiger partial charge is 0.363 e. The van der Waals surface area contributed by atoms with E-state index in [1.54, 1.807) is 4.90 Å². The van der Waals surface area contributed by atoms with Crippen LogP contribution < -0.4 is 21.7 Å². The Kier molecular flexibility index (Phi) is 8.25. The van der Waals surface area contributed by atoms with Crippen molar-refractivity contribution in [1.29, 1.82) is 0 Å². The summed E-state index contributed by atoms with van der Waals surface area (Å²) in [5, 5.41) is 8.50. The van der Waals surface area contributed by atoms with E-state index in [-0.39, 0.29) is 29.1 Å². The molecule has 1 heterocycles. The van der Waals surface area contributed by atoms with Gasteiger partial charge in [0.2, 0.25) is 17.6 Å². The van der Waals surface area contributed by atoms with Crippen LogP contribution in [-0.4, -0.2) is 64.6 Å². The predicted molar refractivity (Wildman–Crippen MR) is 144 cm³/mol. The zero-order valence-corrected chi connectivity index (χ0v) is 24.3. The second-order valence-electron chi connectivity index (χ2n) is 14.4. The number of rotatable bonds is 8. The molecule has 0 aromatic carbocycles. The molecule has 0 aromatic heterocycles. The van der Waals surface area contributed by atoms with E-state index in [1.165, 1.54) is 0 Å². The monoisotopic (exact) mass is 533 g/mol. The fourth-order valence-corrected chi connectivity index (χ4v) is 6.42. The molecule has 0 unspecified atom stereocenters. The Balaban J connectivity index is 1.87. The molecule has 214 valence electrons. The number of amides is 5. The van der Waals surface area contributed by atoms with Gasteiger partial charge in [-0.3, -0.25) is 19.2 Å². The van der Waals surface area contributed by atoms with Gasteiger partial charge < -0.3 is 26.6 Å². The Bertz CT molecular complexity index is 975. The van der Waals surface area contributed by atoms with E-state index >= 15 is 0 Å². The van der Waals surface area contributed by atoms with Crippen LogP contribution in [0.15, 0.2) is 0 Å². The first-order valence-corrected chi connectivity index (χ1v) is 13.8. The highest BCUT2D eigenvalue weighted by atomic mass is 16.2. The zero-order valence-electron chi connectivity index (χ0n) is 24.3. The Morgan fingerprint density at radius 1 is 1.00 bits per heavy atom. The van der Waals surface area contributed by atoms with Gasteiger partial charge in [-0.05, 0) is 62.2 Å². The van der Waals surface area contributed by atoms with Gasteiger partial charge in [0, 0.05) is 12.1 Å². The molecule has 0 aromatic rings. The number of carbonyl (C=O) groups excluding carboxylic acids is 5. The highest BCUT2D eigenvalue weighted by Gasteiger charge is 2.61. The van der Waals surface area contributed by atoms with Crippen LogP contribution in [0.2, 0.25) is 0 Å². The van der Waals surface area contributed by atoms with Gasteiger partial charge in [0.05, 0.1) is 6.04 Å². The summed E-state index contributed by atoms with van der Waals surface area (Å²) in [7, 11) is 0. The van der Waals surface area contributed by atoms with E-state index in [1.807, 2.05) is 41.5 Å². The summed E-state index contributed by atoms with van der Waals surface area (Å²) in [4.78, 5) is 66.6. The van der Waals surface area contributed by atoms with Crippen LogP contribution in [0, 0.1) is 28.6 Å². The molecule has 1 saturated heterocycles. The van der Waals surface area contributed by atoms with E-state index < -0.39 is 52.7 Å². The Morgan fingerprint density at radius 2 is 1.61 bits per heavy atom. The van der Waals surface area contributed by atoms with Crippen LogP contribution in [0.1, 0.15) is 87.5 Å². The quantitative estimate of drug-likeness (QED) is 0.352. The normalized spacial score (nSPS) is 26.2. The molecule has 1 aliphatic heterocycles. The molecule has 10 nitrogen and oxygen atoms in total. The van der Waals surface area contributed by atoms with Gasteiger partial charge in [0.15, 0.2) is 0 Å². The molecule has 5 amide bonds. The van der Waals surface area contributed by atoms with Crippen molar-refractivity contribution in [2.45, 2.75) is 111 Å². The summed E-state index contributed by atoms with van der Waals surface area (Å²) in [6.45, 7) is 15.7. The second kappa shape index (κ2) is 10.5. The molecule has 3 aliphatic rings. The van der Waals surface area contributed by atoms with E-state index in [0.29, 0.717) is 13.0 Å². The van der Waals surface area contributed by atoms with Crippen LogP contribution in [0.4, 0.5) is 4.79 Å².